The second-order valence-electron chi connectivity index (χ2n) is 17.8. The van der Waals surface area contributed by atoms with Gasteiger partial charge in [-0.3, -0.25) is 0 Å². The molecule has 3 aromatic heterocycles. The summed E-state index contributed by atoms with van der Waals surface area (Å²) in [6, 6.07) is 83.9. The van der Waals surface area contributed by atoms with Gasteiger partial charge in [0.05, 0.1) is 51.6 Å². The summed E-state index contributed by atoms with van der Waals surface area (Å²) in [6.45, 7) is 7.53. The molecule has 7 nitrogen and oxygen atoms in total. The second-order valence-corrected chi connectivity index (χ2v) is 17.8. The second kappa shape index (κ2) is 17.4. The molecule has 13 rings (SSSR count). The van der Waals surface area contributed by atoms with Gasteiger partial charge in [0.2, 0.25) is 0 Å². The molecule has 7 heteroatoms. The number of fused-ring (bicyclic) bond motifs is 6. The maximum atomic E-state index is 9.50. The Bertz CT molecular complexity index is 4270. The Morgan fingerprint density at radius 1 is 0.347 bits per heavy atom. The van der Waals surface area contributed by atoms with E-state index in [2.05, 4.69) is 147 Å². The first-order valence-electron chi connectivity index (χ1n) is 23.8. The fourth-order valence-electron chi connectivity index (χ4n) is 10.2. The van der Waals surface area contributed by atoms with Crippen molar-refractivity contribution in [1.82, 2.24) is 24.1 Å². The minimum absolute atomic E-state index is 0.565. The molecule has 13 aromatic rings. The van der Waals surface area contributed by atoms with Crippen LogP contribution in [0.5, 0.6) is 0 Å². The maximum Gasteiger partial charge on any atom is 0.187 e. The van der Waals surface area contributed by atoms with Crippen LogP contribution in [0.1, 0.15) is 5.56 Å². The summed E-state index contributed by atoms with van der Waals surface area (Å²) in [4.78, 5) is 19.1. The predicted octanol–water partition coefficient (Wildman–Crippen LogP) is 16.5. The van der Waals surface area contributed by atoms with Crippen molar-refractivity contribution >= 4 is 49.3 Å². The van der Waals surface area contributed by atoms with E-state index >= 15 is 0 Å². The molecule has 0 aliphatic heterocycles. The lowest BCUT2D eigenvalue weighted by Gasteiger charge is -2.19. The molecule has 0 fully saturated rings. The molecule has 72 heavy (non-hydrogen) atoms. The van der Waals surface area contributed by atoms with Gasteiger partial charge in [0.1, 0.15) is 0 Å². The number of nitrogens with zero attached hydrogens (tertiary/aromatic N) is 7. The summed E-state index contributed by atoms with van der Waals surface area (Å²) in [5, 5.41) is 14.0. The topological polar surface area (TPSA) is 76.7 Å². The van der Waals surface area contributed by atoms with Crippen molar-refractivity contribution in [3.05, 3.63) is 254 Å². The third-order valence-electron chi connectivity index (χ3n) is 13.7. The number of nitriles is 1. The number of hydrogen-bond donors (Lipinski definition) is 0. The Morgan fingerprint density at radius 3 is 1.33 bits per heavy atom. The van der Waals surface area contributed by atoms with Crippen molar-refractivity contribution in [1.29, 1.82) is 5.26 Å². The van der Waals surface area contributed by atoms with Crippen molar-refractivity contribution < 1.29 is 0 Å². The van der Waals surface area contributed by atoms with E-state index in [4.69, 9.17) is 21.5 Å². The van der Waals surface area contributed by atoms with Crippen LogP contribution in [0, 0.1) is 17.9 Å². The average Bonchev–Trinajstić information content (AvgIpc) is 3.97. The highest BCUT2D eigenvalue weighted by Crippen LogP contribution is 2.43. The fourth-order valence-corrected chi connectivity index (χ4v) is 10.2. The highest BCUT2D eigenvalue weighted by Gasteiger charge is 2.23. The van der Waals surface area contributed by atoms with Crippen LogP contribution in [0.3, 0.4) is 0 Å². The highest BCUT2D eigenvalue weighted by atomic mass is 15.0. The van der Waals surface area contributed by atoms with Gasteiger partial charge in [-0.1, -0.05) is 176 Å². The van der Waals surface area contributed by atoms with Crippen LogP contribution in [0.2, 0.25) is 0 Å². The lowest BCUT2D eigenvalue weighted by Crippen LogP contribution is -2.03. The first-order valence-corrected chi connectivity index (χ1v) is 23.8. The Morgan fingerprint density at radius 2 is 0.778 bits per heavy atom. The first-order chi connectivity index (χ1) is 35.6. The Hall–Kier alpha value is -10.2. The van der Waals surface area contributed by atoms with Crippen molar-refractivity contribution in [2.45, 2.75) is 0 Å². The van der Waals surface area contributed by atoms with Crippen LogP contribution >= 0.6 is 0 Å². The normalized spacial score (nSPS) is 11.3. The molecular weight excluding hydrogens is 879 g/mol. The smallest absolute Gasteiger partial charge is 0.187 e. The standard InChI is InChI=1S/C65H39N7/c1-67-50-33-28-44(29-34-50)48-32-37-61-56(39-48)53-20-10-13-23-59(53)72(61)62-40-49(65-69-63(45-14-4-2-5-15-45)68-64(70-65)46-16-6-3-7-17-46)30-35-54(62)51-18-8-11-21-57(51)71-58-22-12-9-19-52(58)55-38-47(31-36-60(55)71)43-26-24-42(41-66)25-27-43/h2-40H. The van der Waals surface area contributed by atoms with Gasteiger partial charge in [0.25, 0.3) is 0 Å². The molecule has 0 amide bonds. The molecule has 3 heterocycles. The molecule has 334 valence electrons. The van der Waals surface area contributed by atoms with Gasteiger partial charge in [0.15, 0.2) is 23.2 Å². The summed E-state index contributed by atoms with van der Waals surface area (Å²) in [6.07, 6.45) is 0. The molecule has 0 N–H and O–H groups in total. The van der Waals surface area contributed by atoms with E-state index in [9.17, 15) is 5.26 Å². The van der Waals surface area contributed by atoms with Gasteiger partial charge in [-0.2, -0.15) is 5.26 Å². The summed E-state index contributed by atoms with van der Waals surface area (Å²) in [5.74, 6) is 1.76. The highest BCUT2D eigenvalue weighted by molar-refractivity contribution is 6.13. The quantitative estimate of drug-likeness (QED) is 0.142. The minimum Gasteiger partial charge on any atom is -0.309 e. The molecule has 0 unspecified atom stereocenters. The lowest BCUT2D eigenvalue weighted by molar-refractivity contribution is 1.07. The third-order valence-corrected chi connectivity index (χ3v) is 13.7. The van der Waals surface area contributed by atoms with E-state index in [1.165, 1.54) is 0 Å². The van der Waals surface area contributed by atoms with Gasteiger partial charge in [-0.15, -0.1) is 0 Å². The number of aromatic nitrogens is 5. The van der Waals surface area contributed by atoms with E-state index in [0.717, 1.165) is 105 Å². The fraction of sp³-hybridized carbons (Fsp3) is 0. The van der Waals surface area contributed by atoms with Gasteiger partial charge in [-0.05, 0) is 82.9 Å². The first kappa shape index (κ1) is 41.9. The third kappa shape index (κ3) is 7.17. The van der Waals surface area contributed by atoms with E-state index < -0.39 is 0 Å². The van der Waals surface area contributed by atoms with Crippen LogP contribution in [-0.2, 0) is 0 Å². The zero-order valence-electron chi connectivity index (χ0n) is 38.6. The Labute approximate surface area is 415 Å². The van der Waals surface area contributed by atoms with Gasteiger partial charge < -0.3 is 9.13 Å². The van der Waals surface area contributed by atoms with E-state index in [1.54, 1.807) is 0 Å². The van der Waals surface area contributed by atoms with Crippen LogP contribution in [0.25, 0.3) is 127 Å². The number of para-hydroxylation sites is 3. The van der Waals surface area contributed by atoms with Crippen LogP contribution < -0.4 is 0 Å². The van der Waals surface area contributed by atoms with Gasteiger partial charge in [-0.25, -0.2) is 19.8 Å². The molecular formula is C65H39N7. The van der Waals surface area contributed by atoms with Crippen molar-refractivity contribution in [3.8, 4) is 85.0 Å². The summed E-state index contributed by atoms with van der Waals surface area (Å²) >= 11 is 0. The monoisotopic (exact) mass is 917 g/mol. The molecule has 0 saturated heterocycles. The minimum atomic E-state index is 0.565. The zero-order valence-corrected chi connectivity index (χ0v) is 38.6. The Balaban J connectivity index is 1.07. The van der Waals surface area contributed by atoms with E-state index in [0.29, 0.717) is 28.7 Å². The maximum absolute atomic E-state index is 9.50. The number of hydrogen-bond acceptors (Lipinski definition) is 4. The zero-order chi connectivity index (χ0) is 48.1. The van der Waals surface area contributed by atoms with Crippen molar-refractivity contribution in [2.75, 3.05) is 0 Å². The van der Waals surface area contributed by atoms with Crippen LogP contribution in [0.15, 0.2) is 237 Å². The lowest BCUT2D eigenvalue weighted by atomic mass is 9.98. The van der Waals surface area contributed by atoms with E-state index in [-0.39, 0.29) is 0 Å². The Kier molecular flexibility index (Phi) is 10.1. The molecule has 0 saturated carbocycles. The number of benzene rings is 10. The van der Waals surface area contributed by atoms with Gasteiger partial charge in [0, 0.05) is 49.4 Å². The molecule has 0 aliphatic rings. The van der Waals surface area contributed by atoms with Crippen LogP contribution in [0.4, 0.5) is 5.69 Å². The van der Waals surface area contributed by atoms with Gasteiger partial charge >= 0.3 is 0 Å². The molecule has 0 atom stereocenters. The summed E-state index contributed by atoms with van der Waals surface area (Å²) in [7, 11) is 0. The van der Waals surface area contributed by atoms with E-state index in [1.807, 2.05) is 109 Å². The van der Waals surface area contributed by atoms with Crippen LogP contribution in [-0.4, -0.2) is 24.1 Å². The molecule has 0 bridgehead atoms. The largest absolute Gasteiger partial charge is 0.309 e. The molecule has 10 aromatic carbocycles. The summed E-state index contributed by atoms with van der Waals surface area (Å²) in [5.41, 5.74) is 16.5. The summed E-state index contributed by atoms with van der Waals surface area (Å²) < 4.78 is 4.78. The molecule has 0 radical (unpaired) electrons. The average molecular weight is 918 g/mol. The SMILES string of the molecule is [C-]#[N+]c1ccc(-c2ccc3c(c2)c2ccccc2n3-c2cc(-c3nc(-c4ccccc4)nc(-c4ccccc4)n3)ccc2-c2ccccc2-n2c3ccccc3c3cc(-c4ccc(C#N)cc4)ccc32)cc1. The van der Waals surface area contributed by atoms with Crippen molar-refractivity contribution in [2.24, 2.45) is 0 Å². The molecule has 0 aliphatic carbocycles. The van der Waals surface area contributed by atoms with Crippen molar-refractivity contribution in [3.63, 3.8) is 0 Å². The molecule has 0 spiro atoms. The predicted molar refractivity (Wildman–Crippen MR) is 292 cm³/mol. The number of rotatable bonds is 8.